The van der Waals surface area contributed by atoms with Gasteiger partial charge >= 0.3 is 5.97 Å². The molecular formula is C14H20O2. The molecule has 0 spiro atoms. The van der Waals surface area contributed by atoms with Gasteiger partial charge in [0.15, 0.2) is 0 Å². The van der Waals surface area contributed by atoms with Crippen LogP contribution in [0.2, 0.25) is 0 Å². The average Bonchev–Trinajstić information content (AvgIpc) is 2.30. The zero-order chi connectivity index (χ0) is 11.4. The van der Waals surface area contributed by atoms with Gasteiger partial charge in [-0.3, -0.25) is 4.79 Å². The van der Waals surface area contributed by atoms with Crippen LogP contribution in [0.4, 0.5) is 0 Å². The highest BCUT2D eigenvalue weighted by Gasteiger charge is 2.35. The maximum absolute atomic E-state index is 11.4. The Morgan fingerprint density at radius 3 is 2.75 bits per heavy atom. The van der Waals surface area contributed by atoms with Crippen molar-refractivity contribution < 1.29 is 9.53 Å². The van der Waals surface area contributed by atoms with Crippen LogP contribution in [0.25, 0.3) is 0 Å². The van der Waals surface area contributed by atoms with E-state index in [1.807, 2.05) is 6.11 Å². The molecule has 0 aromatic rings. The fourth-order valence-corrected chi connectivity index (χ4v) is 3.65. The van der Waals surface area contributed by atoms with Crippen molar-refractivity contribution in [3.63, 3.8) is 0 Å². The number of esters is 1. The Labute approximate surface area is 97.7 Å². The maximum atomic E-state index is 11.4. The average molecular weight is 220 g/mol. The molecule has 2 saturated carbocycles. The normalized spacial score (nSPS) is 33.6. The summed E-state index contributed by atoms with van der Waals surface area (Å²) in [6.07, 6.45) is 16.7. The highest BCUT2D eigenvalue weighted by Crippen LogP contribution is 2.44. The molecule has 2 heteroatoms. The summed E-state index contributed by atoms with van der Waals surface area (Å²) in [4.78, 5) is 11.4. The minimum Gasteiger partial charge on any atom is -0.372 e. The second-order valence-electron chi connectivity index (χ2n) is 5.20. The van der Waals surface area contributed by atoms with Gasteiger partial charge in [0.2, 0.25) is 0 Å². The number of carbonyl (C=O) groups is 1. The first-order valence-electron chi connectivity index (χ1n) is 6.46. The van der Waals surface area contributed by atoms with Crippen LogP contribution in [0, 0.1) is 30.3 Å². The van der Waals surface area contributed by atoms with E-state index in [1.54, 1.807) is 0 Å². The Balaban J connectivity index is 1.92. The molecule has 0 radical (unpaired) electrons. The quantitative estimate of drug-likeness (QED) is 0.528. The van der Waals surface area contributed by atoms with E-state index in [4.69, 9.17) is 6.42 Å². The van der Waals surface area contributed by atoms with Crippen LogP contribution >= 0.6 is 0 Å². The van der Waals surface area contributed by atoms with E-state index >= 15 is 0 Å². The Morgan fingerprint density at radius 1 is 1.19 bits per heavy atom. The molecule has 2 nitrogen and oxygen atoms in total. The molecule has 2 aliphatic carbocycles. The smallest absolute Gasteiger partial charge is 0.320 e. The molecule has 0 aromatic carbocycles. The molecule has 3 atom stereocenters. The fourth-order valence-electron chi connectivity index (χ4n) is 3.65. The number of terminal acetylenes is 1. The largest absolute Gasteiger partial charge is 0.372 e. The molecule has 0 aliphatic heterocycles. The summed E-state index contributed by atoms with van der Waals surface area (Å²) in [5.41, 5.74) is 0. The first kappa shape index (κ1) is 11.5. The van der Waals surface area contributed by atoms with E-state index in [2.05, 4.69) is 4.74 Å². The Bertz CT molecular complexity index is 288. The third-order valence-electron chi connectivity index (χ3n) is 4.32. The number of hydrogen-bond acceptors (Lipinski definition) is 2. The van der Waals surface area contributed by atoms with E-state index < -0.39 is 0 Å². The van der Waals surface area contributed by atoms with Gasteiger partial charge in [0.1, 0.15) is 6.11 Å². The van der Waals surface area contributed by atoms with Gasteiger partial charge in [-0.25, -0.2) is 0 Å². The van der Waals surface area contributed by atoms with Crippen molar-refractivity contribution in [2.24, 2.45) is 17.8 Å². The lowest BCUT2D eigenvalue weighted by atomic mass is 9.65. The third kappa shape index (κ3) is 2.58. The number of hydrogen-bond donors (Lipinski definition) is 0. The van der Waals surface area contributed by atoms with Crippen LogP contribution in [0.15, 0.2) is 0 Å². The van der Waals surface area contributed by atoms with Crippen LogP contribution in [-0.4, -0.2) is 5.97 Å². The van der Waals surface area contributed by atoms with Gasteiger partial charge in [-0.05, 0) is 30.6 Å². The van der Waals surface area contributed by atoms with Crippen molar-refractivity contribution in [2.45, 2.75) is 51.4 Å². The summed E-state index contributed by atoms with van der Waals surface area (Å²) in [6.45, 7) is 0. The lowest BCUT2D eigenvalue weighted by Crippen LogP contribution is -2.32. The SMILES string of the molecule is C#COC(=O)CC1CCCC2CCCCC21. The molecule has 0 aromatic heterocycles. The van der Waals surface area contributed by atoms with Gasteiger partial charge in [0.25, 0.3) is 0 Å². The highest BCUT2D eigenvalue weighted by atomic mass is 16.5. The van der Waals surface area contributed by atoms with Crippen LogP contribution in [-0.2, 0) is 9.53 Å². The molecule has 2 fully saturated rings. The number of ether oxygens (including phenoxy) is 1. The summed E-state index contributed by atoms with van der Waals surface area (Å²) in [6, 6.07) is 0. The molecular weight excluding hydrogens is 200 g/mol. The predicted octanol–water partition coefficient (Wildman–Crippen LogP) is 3.12. The summed E-state index contributed by atoms with van der Waals surface area (Å²) >= 11 is 0. The maximum Gasteiger partial charge on any atom is 0.320 e. The second kappa shape index (κ2) is 5.39. The zero-order valence-electron chi connectivity index (χ0n) is 9.78. The molecule has 0 heterocycles. The van der Waals surface area contributed by atoms with E-state index in [0.29, 0.717) is 12.3 Å². The Hall–Kier alpha value is -0.970. The molecule has 0 saturated heterocycles. The van der Waals surface area contributed by atoms with Crippen molar-refractivity contribution in [3.05, 3.63) is 0 Å². The molecule has 0 bridgehead atoms. The van der Waals surface area contributed by atoms with Gasteiger partial charge in [0.05, 0.1) is 0 Å². The van der Waals surface area contributed by atoms with Gasteiger partial charge in [-0.2, -0.15) is 0 Å². The Morgan fingerprint density at radius 2 is 1.94 bits per heavy atom. The van der Waals surface area contributed by atoms with Gasteiger partial charge in [-0.1, -0.05) is 38.5 Å². The summed E-state index contributed by atoms with van der Waals surface area (Å²) < 4.78 is 4.61. The minimum absolute atomic E-state index is 0.210. The van der Waals surface area contributed by atoms with E-state index in [-0.39, 0.29) is 5.97 Å². The molecule has 2 rings (SSSR count). The molecule has 88 valence electrons. The van der Waals surface area contributed by atoms with Crippen molar-refractivity contribution in [2.75, 3.05) is 0 Å². The number of fused-ring (bicyclic) bond motifs is 1. The first-order valence-corrected chi connectivity index (χ1v) is 6.46. The molecule has 0 amide bonds. The van der Waals surface area contributed by atoms with E-state index in [9.17, 15) is 4.79 Å². The van der Waals surface area contributed by atoms with E-state index in [1.165, 1.54) is 44.9 Å². The summed E-state index contributed by atoms with van der Waals surface area (Å²) in [5, 5.41) is 0. The van der Waals surface area contributed by atoms with Crippen molar-refractivity contribution >= 4 is 5.97 Å². The lowest BCUT2D eigenvalue weighted by molar-refractivity contribution is -0.139. The van der Waals surface area contributed by atoms with Crippen molar-refractivity contribution in [1.82, 2.24) is 0 Å². The standard InChI is InChI=1S/C14H20O2/c1-2-16-14(15)10-12-8-5-7-11-6-3-4-9-13(11)12/h1,11-13H,3-10H2. The van der Waals surface area contributed by atoms with Gasteiger partial charge in [-0.15, -0.1) is 0 Å². The predicted molar refractivity (Wildman–Crippen MR) is 62.3 cm³/mol. The molecule has 0 N–H and O–H groups in total. The zero-order valence-corrected chi connectivity index (χ0v) is 9.78. The Kier molecular flexibility index (Phi) is 3.88. The van der Waals surface area contributed by atoms with Crippen LogP contribution in [0.1, 0.15) is 51.4 Å². The molecule has 16 heavy (non-hydrogen) atoms. The minimum atomic E-state index is -0.210. The molecule has 3 unspecified atom stereocenters. The summed E-state index contributed by atoms with van der Waals surface area (Å²) in [5.74, 6) is 1.94. The molecule has 2 aliphatic rings. The third-order valence-corrected chi connectivity index (χ3v) is 4.32. The topological polar surface area (TPSA) is 26.3 Å². The first-order chi connectivity index (χ1) is 7.81. The van der Waals surface area contributed by atoms with Crippen molar-refractivity contribution in [3.8, 4) is 12.5 Å². The fraction of sp³-hybridized carbons (Fsp3) is 0.786. The van der Waals surface area contributed by atoms with E-state index in [0.717, 1.165) is 11.8 Å². The van der Waals surface area contributed by atoms with Crippen LogP contribution < -0.4 is 0 Å². The van der Waals surface area contributed by atoms with Gasteiger partial charge in [0, 0.05) is 6.42 Å². The number of rotatable bonds is 2. The van der Waals surface area contributed by atoms with Crippen molar-refractivity contribution in [1.29, 1.82) is 0 Å². The van der Waals surface area contributed by atoms with Gasteiger partial charge < -0.3 is 4.74 Å². The highest BCUT2D eigenvalue weighted by molar-refractivity contribution is 5.70. The number of carbonyl (C=O) groups excluding carboxylic acids is 1. The summed E-state index contributed by atoms with van der Waals surface area (Å²) in [7, 11) is 0. The lowest BCUT2D eigenvalue weighted by Gasteiger charge is -2.41. The monoisotopic (exact) mass is 220 g/mol. The van der Waals surface area contributed by atoms with Crippen LogP contribution in [0.5, 0.6) is 0 Å². The second-order valence-corrected chi connectivity index (χ2v) is 5.20. The van der Waals surface area contributed by atoms with Crippen LogP contribution in [0.3, 0.4) is 0 Å².